The van der Waals surface area contributed by atoms with Gasteiger partial charge in [0.25, 0.3) is 0 Å². The minimum atomic E-state index is 0.302. The standard InChI is InChI=1S/C18H23BrN2/c1-4-9-20-18(12-17-14(3)6-5-10-21-17)16-11-15(19)8-7-13(16)2/h5-8,10-11,18,20H,4,9,12H2,1-3H3. The topological polar surface area (TPSA) is 24.9 Å². The molecule has 21 heavy (non-hydrogen) atoms. The van der Waals surface area contributed by atoms with Crippen molar-refractivity contribution in [2.45, 2.75) is 39.7 Å². The Morgan fingerprint density at radius 2 is 2.00 bits per heavy atom. The van der Waals surface area contributed by atoms with Gasteiger partial charge in [0.15, 0.2) is 0 Å². The van der Waals surface area contributed by atoms with Gasteiger partial charge in [-0.1, -0.05) is 35.0 Å². The van der Waals surface area contributed by atoms with Crippen molar-refractivity contribution in [2.75, 3.05) is 6.54 Å². The molecular weight excluding hydrogens is 324 g/mol. The highest BCUT2D eigenvalue weighted by atomic mass is 79.9. The van der Waals surface area contributed by atoms with E-state index in [0.717, 1.165) is 23.9 Å². The number of halogens is 1. The van der Waals surface area contributed by atoms with Gasteiger partial charge in [0.2, 0.25) is 0 Å². The van der Waals surface area contributed by atoms with Crippen molar-refractivity contribution < 1.29 is 0 Å². The number of nitrogens with one attached hydrogen (secondary N) is 1. The predicted octanol–water partition coefficient (Wildman–Crippen LogP) is 4.74. The number of pyridine rings is 1. The lowest BCUT2D eigenvalue weighted by Gasteiger charge is -2.22. The Hall–Kier alpha value is -1.19. The summed E-state index contributed by atoms with van der Waals surface area (Å²) in [6.45, 7) is 7.52. The van der Waals surface area contributed by atoms with Crippen LogP contribution in [0.4, 0.5) is 0 Å². The Morgan fingerprint density at radius 1 is 1.19 bits per heavy atom. The third-order valence-corrected chi connectivity index (χ3v) is 4.27. The summed E-state index contributed by atoms with van der Waals surface area (Å²) < 4.78 is 1.13. The van der Waals surface area contributed by atoms with Gasteiger partial charge in [-0.05, 0) is 61.7 Å². The Bertz CT molecular complexity index is 596. The number of aryl methyl sites for hydroxylation is 2. The molecule has 0 spiro atoms. The number of benzene rings is 1. The minimum absolute atomic E-state index is 0.302. The molecule has 0 radical (unpaired) electrons. The van der Waals surface area contributed by atoms with Crippen molar-refractivity contribution in [1.82, 2.24) is 10.3 Å². The van der Waals surface area contributed by atoms with E-state index < -0.39 is 0 Å². The van der Waals surface area contributed by atoms with Gasteiger partial charge < -0.3 is 5.32 Å². The average Bonchev–Trinajstić information content (AvgIpc) is 2.48. The van der Waals surface area contributed by atoms with E-state index in [1.165, 1.54) is 22.4 Å². The van der Waals surface area contributed by atoms with Gasteiger partial charge in [-0.3, -0.25) is 4.98 Å². The molecule has 2 nitrogen and oxygen atoms in total. The maximum Gasteiger partial charge on any atom is 0.0451 e. The van der Waals surface area contributed by atoms with Gasteiger partial charge in [-0.25, -0.2) is 0 Å². The van der Waals surface area contributed by atoms with Crippen molar-refractivity contribution in [1.29, 1.82) is 0 Å². The molecule has 0 aliphatic heterocycles. The van der Waals surface area contributed by atoms with Crippen LogP contribution in [0.15, 0.2) is 41.0 Å². The Labute approximate surface area is 136 Å². The second-order valence-corrected chi connectivity index (χ2v) is 6.39. The monoisotopic (exact) mass is 346 g/mol. The van der Waals surface area contributed by atoms with Crippen molar-refractivity contribution >= 4 is 15.9 Å². The summed E-state index contributed by atoms with van der Waals surface area (Å²) in [6, 6.07) is 10.9. The first-order valence-electron chi connectivity index (χ1n) is 7.51. The third-order valence-electron chi connectivity index (χ3n) is 3.77. The van der Waals surface area contributed by atoms with E-state index in [1.54, 1.807) is 0 Å². The maximum atomic E-state index is 4.55. The van der Waals surface area contributed by atoms with Crippen molar-refractivity contribution in [3.8, 4) is 0 Å². The second-order valence-electron chi connectivity index (χ2n) is 5.48. The molecule has 0 saturated heterocycles. The molecule has 1 aromatic heterocycles. The SMILES string of the molecule is CCCNC(Cc1ncccc1C)c1cc(Br)ccc1C. The summed E-state index contributed by atoms with van der Waals surface area (Å²) >= 11 is 3.59. The molecule has 1 atom stereocenters. The summed E-state index contributed by atoms with van der Waals surface area (Å²) in [5.74, 6) is 0. The van der Waals surface area contributed by atoms with Gasteiger partial charge in [0.1, 0.15) is 0 Å². The summed E-state index contributed by atoms with van der Waals surface area (Å²) in [6.07, 6.45) is 3.93. The maximum absolute atomic E-state index is 4.55. The zero-order chi connectivity index (χ0) is 15.2. The molecule has 0 fully saturated rings. The molecule has 0 amide bonds. The second kappa shape index (κ2) is 7.71. The van der Waals surface area contributed by atoms with Crippen LogP contribution >= 0.6 is 15.9 Å². The van der Waals surface area contributed by atoms with Gasteiger partial charge in [0, 0.05) is 28.8 Å². The van der Waals surface area contributed by atoms with Crippen LogP contribution in [0.25, 0.3) is 0 Å². The molecule has 0 aliphatic rings. The number of aromatic nitrogens is 1. The lowest BCUT2D eigenvalue weighted by Crippen LogP contribution is -2.25. The van der Waals surface area contributed by atoms with Crippen molar-refractivity contribution in [3.63, 3.8) is 0 Å². The first-order valence-corrected chi connectivity index (χ1v) is 8.31. The van der Waals surface area contributed by atoms with Gasteiger partial charge in [0.05, 0.1) is 0 Å². The third kappa shape index (κ3) is 4.39. The molecule has 112 valence electrons. The highest BCUT2D eigenvalue weighted by Crippen LogP contribution is 2.25. The smallest absolute Gasteiger partial charge is 0.0451 e. The average molecular weight is 347 g/mol. The summed E-state index contributed by atoms with van der Waals surface area (Å²) in [4.78, 5) is 4.55. The van der Waals surface area contributed by atoms with Crippen LogP contribution in [0.2, 0.25) is 0 Å². The number of rotatable bonds is 6. The molecule has 2 rings (SSSR count). The van der Waals surface area contributed by atoms with E-state index in [-0.39, 0.29) is 0 Å². The fraction of sp³-hybridized carbons (Fsp3) is 0.389. The van der Waals surface area contributed by atoms with Crippen molar-refractivity contribution in [2.24, 2.45) is 0 Å². The molecule has 1 unspecified atom stereocenters. The fourth-order valence-electron chi connectivity index (χ4n) is 2.52. The normalized spacial score (nSPS) is 12.4. The number of hydrogen-bond donors (Lipinski definition) is 1. The summed E-state index contributed by atoms with van der Waals surface area (Å²) in [7, 11) is 0. The molecule has 1 heterocycles. The molecule has 2 aromatic rings. The first-order chi connectivity index (χ1) is 10.1. The van der Waals surface area contributed by atoms with Gasteiger partial charge in [-0.15, -0.1) is 0 Å². The molecular formula is C18H23BrN2. The van der Waals surface area contributed by atoms with Crippen LogP contribution in [-0.4, -0.2) is 11.5 Å². The van der Waals surface area contributed by atoms with E-state index in [1.807, 2.05) is 12.3 Å². The Balaban J connectivity index is 2.30. The molecule has 3 heteroatoms. The van der Waals surface area contributed by atoms with Crippen molar-refractivity contribution in [3.05, 3.63) is 63.4 Å². The first kappa shape index (κ1) is 16.2. The summed E-state index contributed by atoms with van der Waals surface area (Å²) in [5, 5.41) is 3.67. The highest BCUT2D eigenvalue weighted by molar-refractivity contribution is 9.10. The van der Waals surface area contributed by atoms with Crippen LogP contribution < -0.4 is 5.32 Å². The van der Waals surface area contributed by atoms with E-state index in [9.17, 15) is 0 Å². The molecule has 0 bridgehead atoms. The van der Waals surface area contributed by atoms with Crippen LogP contribution in [0.1, 0.15) is 41.8 Å². The van der Waals surface area contributed by atoms with Gasteiger partial charge >= 0.3 is 0 Å². The largest absolute Gasteiger partial charge is 0.310 e. The fourth-order valence-corrected chi connectivity index (χ4v) is 2.90. The van der Waals surface area contributed by atoms with Crippen LogP contribution in [0.5, 0.6) is 0 Å². The number of nitrogens with zero attached hydrogens (tertiary/aromatic N) is 1. The zero-order valence-corrected chi connectivity index (χ0v) is 14.6. The number of hydrogen-bond acceptors (Lipinski definition) is 2. The predicted molar refractivity (Wildman–Crippen MR) is 92.6 cm³/mol. The van der Waals surface area contributed by atoms with E-state index >= 15 is 0 Å². The Kier molecular flexibility index (Phi) is 5.95. The van der Waals surface area contributed by atoms with Gasteiger partial charge in [-0.2, -0.15) is 0 Å². The lowest BCUT2D eigenvalue weighted by molar-refractivity contribution is 0.521. The zero-order valence-electron chi connectivity index (χ0n) is 13.0. The Morgan fingerprint density at radius 3 is 2.71 bits per heavy atom. The molecule has 1 aromatic carbocycles. The lowest BCUT2D eigenvalue weighted by atomic mass is 9.96. The van der Waals surface area contributed by atoms with Crippen LogP contribution in [0, 0.1) is 13.8 Å². The molecule has 0 saturated carbocycles. The molecule has 1 N–H and O–H groups in total. The summed E-state index contributed by atoms with van der Waals surface area (Å²) in [5.41, 5.74) is 5.10. The molecule has 0 aliphatic carbocycles. The quantitative estimate of drug-likeness (QED) is 0.816. The van der Waals surface area contributed by atoms with E-state index in [0.29, 0.717) is 6.04 Å². The van der Waals surface area contributed by atoms with E-state index in [4.69, 9.17) is 0 Å². The van der Waals surface area contributed by atoms with Crippen LogP contribution in [-0.2, 0) is 6.42 Å². The van der Waals surface area contributed by atoms with E-state index in [2.05, 4.69) is 71.3 Å². The highest BCUT2D eigenvalue weighted by Gasteiger charge is 2.16. The van der Waals surface area contributed by atoms with Crippen LogP contribution in [0.3, 0.4) is 0 Å². The minimum Gasteiger partial charge on any atom is -0.310 e.